The average molecular weight is 516 g/mol. The number of aromatic nitrogens is 6. The number of hydrogen-bond donors (Lipinski definition) is 2. The van der Waals surface area contributed by atoms with Crippen LogP contribution in [0.1, 0.15) is 76.0 Å². The Morgan fingerprint density at radius 3 is 2.74 bits per heavy atom. The van der Waals surface area contributed by atoms with Gasteiger partial charge in [-0.1, -0.05) is 34.6 Å². The van der Waals surface area contributed by atoms with Crippen molar-refractivity contribution in [2.45, 2.75) is 72.4 Å². The van der Waals surface area contributed by atoms with Crippen molar-refractivity contribution in [1.82, 2.24) is 34.6 Å². The Balaban J connectivity index is 1.36. The summed E-state index contributed by atoms with van der Waals surface area (Å²) in [6.45, 7) is 11.4. The maximum absolute atomic E-state index is 13.2. The molecule has 4 heterocycles. The van der Waals surface area contributed by atoms with Gasteiger partial charge in [0.1, 0.15) is 5.69 Å². The number of nitrogens with zero attached hydrogens (tertiary/aromatic N) is 5. The van der Waals surface area contributed by atoms with Crippen molar-refractivity contribution in [1.29, 1.82) is 0 Å². The smallest absolute Gasteiger partial charge is 0.330 e. The van der Waals surface area contributed by atoms with E-state index in [1.807, 2.05) is 22.8 Å². The van der Waals surface area contributed by atoms with Crippen molar-refractivity contribution in [2.75, 3.05) is 0 Å². The number of carbonyl (C=O) groups is 1. The predicted octanol–water partition coefficient (Wildman–Crippen LogP) is 4.66. The van der Waals surface area contributed by atoms with Crippen LogP contribution in [-0.4, -0.2) is 41.2 Å². The van der Waals surface area contributed by atoms with Gasteiger partial charge in [0.15, 0.2) is 5.65 Å². The topological polar surface area (TPSA) is 110 Å². The van der Waals surface area contributed by atoms with Gasteiger partial charge in [-0.15, -0.1) is 0 Å². The summed E-state index contributed by atoms with van der Waals surface area (Å²) in [6.07, 6.45) is 6.14. The molecule has 0 aromatic carbocycles. The molecule has 4 aromatic heterocycles. The van der Waals surface area contributed by atoms with Crippen LogP contribution in [0.2, 0.25) is 0 Å². The first-order valence-electron chi connectivity index (χ1n) is 13.3. The molecular weight excluding hydrogens is 478 g/mol. The van der Waals surface area contributed by atoms with Crippen molar-refractivity contribution in [2.24, 2.45) is 17.9 Å². The summed E-state index contributed by atoms with van der Waals surface area (Å²) in [4.78, 5) is 35.3. The number of aryl methyl sites for hydroxylation is 1. The van der Waals surface area contributed by atoms with Crippen LogP contribution < -0.4 is 11.0 Å². The fraction of sp³-hybridized carbons (Fsp3) is 0.483. The van der Waals surface area contributed by atoms with Gasteiger partial charge in [-0.3, -0.25) is 24.0 Å². The van der Waals surface area contributed by atoms with Gasteiger partial charge >= 0.3 is 5.69 Å². The maximum atomic E-state index is 13.2. The van der Waals surface area contributed by atoms with Crippen LogP contribution in [0.5, 0.6) is 0 Å². The van der Waals surface area contributed by atoms with E-state index in [-0.39, 0.29) is 34.4 Å². The lowest BCUT2D eigenvalue weighted by Crippen LogP contribution is -2.48. The number of nitrogens with one attached hydrogen (secondary N) is 2. The van der Waals surface area contributed by atoms with Gasteiger partial charge in [0.05, 0.1) is 11.2 Å². The molecule has 1 saturated carbocycles. The Bertz CT molecular complexity index is 1520. The number of fused-ring (bicyclic) bond motifs is 1. The summed E-state index contributed by atoms with van der Waals surface area (Å²) >= 11 is 0. The summed E-state index contributed by atoms with van der Waals surface area (Å²) < 4.78 is 3.47. The van der Waals surface area contributed by atoms with E-state index in [2.05, 4.69) is 61.2 Å². The van der Waals surface area contributed by atoms with Crippen LogP contribution in [0.3, 0.4) is 0 Å². The molecule has 0 saturated heterocycles. The molecular formula is C29H37N7O2. The first-order valence-corrected chi connectivity index (χ1v) is 13.3. The number of aromatic amines is 1. The molecule has 9 nitrogen and oxygen atoms in total. The molecule has 1 amide bonds. The van der Waals surface area contributed by atoms with E-state index in [1.165, 1.54) is 0 Å². The van der Waals surface area contributed by atoms with Crippen LogP contribution in [0.4, 0.5) is 0 Å². The van der Waals surface area contributed by atoms with E-state index >= 15 is 0 Å². The zero-order chi connectivity index (χ0) is 27.2. The molecule has 2 unspecified atom stereocenters. The quantitative estimate of drug-likeness (QED) is 0.402. The van der Waals surface area contributed by atoms with Gasteiger partial charge in [-0.2, -0.15) is 5.10 Å². The molecule has 2 atom stereocenters. The van der Waals surface area contributed by atoms with Gasteiger partial charge in [0, 0.05) is 49.2 Å². The van der Waals surface area contributed by atoms with Crippen molar-refractivity contribution < 1.29 is 4.79 Å². The molecule has 38 heavy (non-hydrogen) atoms. The number of amides is 1. The maximum Gasteiger partial charge on any atom is 0.330 e. The van der Waals surface area contributed by atoms with Gasteiger partial charge in [-0.05, 0) is 60.4 Å². The Kier molecular flexibility index (Phi) is 6.49. The summed E-state index contributed by atoms with van der Waals surface area (Å²) in [6, 6.07) is 9.57. The molecule has 9 heteroatoms. The molecule has 1 aliphatic rings. The molecule has 2 N–H and O–H groups in total. The summed E-state index contributed by atoms with van der Waals surface area (Å²) in [5, 5.41) is 10.4. The van der Waals surface area contributed by atoms with Crippen LogP contribution >= 0.6 is 0 Å². The molecule has 0 spiro atoms. The second-order valence-corrected chi connectivity index (χ2v) is 12.5. The van der Waals surface area contributed by atoms with E-state index in [4.69, 9.17) is 4.98 Å². The number of pyridine rings is 2. The molecule has 200 valence electrons. The van der Waals surface area contributed by atoms with Crippen molar-refractivity contribution in [3.63, 3.8) is 0 Å². The molecule has 0 aliphatic heterocycles. The minimum absolute atomic E-state index is 0.0232. The van der Waals surface area contributed by atoms with Crippen molar-refractivity contribution in [3.8, 4) is 11.3 Å². The monoisotopic (exact) mass is 515 g/mol. The lowest BCUT2D eigenvalue weighted by atomic mass is 9.68. The Morgan fingerprint density at radius 1 is 1.24 bits per heavy atom. The number of imidazole rings is 1. The summed E-state index contributed by atoms with van der Waals surface area (Å²) in [5.74, 6) is 0.0166. The molecule has 0 radical (unpaired) electrons. The fourth-order valence-corrected chi connectivity index (χ4v) is 5.44. The highest BCUT2D eigenvalue weighted by molar-refractivity contribution is 5.93. The molecule has 5 rings (SSSR count). The Hall–Kier alpha value is -3.75. The van der Waals surface area contributed by atoms with Crippen LogP contribution in [0.25, 0.3) is 22.4 Å². The minimum Gasteiger partial charge on any atom is -0.347 e. The van der Waals surface area contributed by atoms with E-state index in [0.717, 1.165) is 36.0 Å². The number of hydrogen-bond acceptors (Lipinski definition) is 5. The van der Waals surface area contributed by atoms with Gasteiger partial charge in [0.25, 0.3) is 5.91 Å². The van der Waals surface area contributed by atoms with Gasteiger partial charge in [-0.25, -0.2) is 9.78 Å². The highest BCUT2D eigenvalue weighted by Crippen LogP contribution is 2.42. The molecule has 0 bridgehead atoms. The van der Waals surface area contributed by atoms with Gasteiger partial charge in [0.2, 0.25) is 0 Å². The zero-order valence-corrected chi connectivity index (χ0v) is 23.1. The van der Waals surface area contributed by atoms with E-state index < -0.39 is 0 Å². The lowest BCUT2D eigenvalue weighted by Gasteiger charge is -2.42. The zero-order valence-electron chi connectivity index (χ0n) is 23.1. The third-order valence-corrected chi connectivity index (χ3v) is 7.74. The van der Waals surface area contributed by atoms with E-state index in [9.17, 15) is 9.59 Å². The van der Waals surface area contributed by atoms with E-state index in [0.29, 0.717) is 23.6 Å². The standard InChI is InChI=1S/C29H37N7O2/c1-28(2,3)17-36-23-10-9-20(31-25(23)35(6)27(36)38)18-11-12-29(4,5)24(14-18)32-26(37)22-15-21(33-34-22)19-8-7-13-30-16-19/h7-10,13,15-16,18,24H,11-12,14,17H2,1-6H3,(H,32,37)(H,33,34). The van der Waals surface area contributed by atoms with Gasteiger partial charge < -0.3 is 5.32 Å². The van der Waals surface area contributed by atoms with Crippen LogP contribution in [0.15, 0.2) is 47.5 Å². The molecule has 1 fully saturated rings. The van der Waals surface area contributed by atoms with Crippen LogP contribution in [0, 0.1) is 10.8 Å². The first kappa shape index (κ1) is 25.9. The van der Waals surface area contributed by atoms with E-state index in [1.54, 1.807) is 30.1 Å². The third kappa shape index (κ3) is 5.01. The second kappa shape index (κ2) is 9.53. The summed E-state index contributed by atoms with van der Waals surface area (Å²) in [5.41, 5.74) is 4.38. The SMILES string of the molecule is Cn1c(=O)n(CC(C)(C)C)c2ccc(C3CCC(C)(C)C(NC(=O)c4cc(-c5cccnc5)n[nH]4)C3)nc21. The highest BCUT2D eigenvalue weighted by Gasteiger charge is 2.38. The number of rotatable bonds is 5. The highest BCUT2D eigenvalue weighted by atomic mass is 16.2. The van der Waals surface area contributed by atoms with Crippen molar-refractivity contribution >= 4 is 17.1 Å². The first-order chi connectivity index (χ1) is 17.9. The normalized spacial score (nSPS) is 19.5. The largest absolute Gasteiger partial charge is 0.347 e. The number of carbonyl (C=O) groups excluding carboxylic acids is 1. The predicted molar refractivity (Wildman–Crippen MR) is 148 cm³/mol. The Morgan fingerprint density at radius 2 is 2.03 bits per heavy atom. The average Bonchev–Trinajstić information content (AvgIpc) is 3.45. The lowest BCUT2D eigenvalue weighted by molar-refractivity contribution is 0.0831. The molecule has 4 aromatic rings. The number of H-pyrrole nitrogens is 1. The Labute approximate surface area is 222 Å². The van der Waals surface area contributed by atoms with Crippen LogP contribution in [-0.2, 0) is 13.6 Å². The summed E-state index contributed by atoms with van der Waals surface area (Å²) in [7, 11) is 1.79. The second-order valence-electron chi connectivity index (χ2n) is 12.5. The fourth-order valence-electron chi connectivity index (χ4n) is 5.44. The van der Waals surface area contributed by atoms with Crippen molar-refractivity contribution in [3.05, 3.63) is 64.6 Å². The molecule has 1 aliphatic carbocycles. The minimum atomic E-state index is -0.170. The third-order valence-electron chi connectivity index (χ3n) is 7.74.